The third kappa shape index (κ3) is 3.87. The van der Waals surface area contributed by atoms with Gasteiger partial charge in [-0.25, -0.2) is 0 Å². The molecule has 1 aliphatic rings. The van der Waals surface area contributed by atoms with Crippen molar-refractivity contribution in [1.82, 2.24) is 15.5 Å². The van der Waals surface area contributed by atoms with Crippen molar-refractivity contribution in [3.8, 4) is 0 Å². The van der Waals surface area contributed by atoms with E-state index in [2.05, 4.69) is 20.8 Å². The third-order valence-electron chi connectivity index (χ3n) is 4.46. The first kappa shape index (κ1) is 17.0. The van der Waals surface area contributed by atoms with E-state index >= 15 is 0 Å². The Morgan fingerprint density at radius 3 is 2.74 bits per heavy atom. The smallest absolute Gasteiger partial charge is 0.309 e. The lowest BCUT2D eigenvalue weighted by atomic mass is 10.1. The van der Waals surface area contributed by atoms with Crippen LogP contribution in [0.1, 0.15) is 34.1 Å². The molecular formula is C20H18N4O3. The molecule has 0 bridgehead atoms. The van der Waals surface area contributed by atoms with Crippen LogP contribution in [0.25, 0.3) is 0 Å². The first-order valence-electron chi connectivity index (χ1n) is 8.75. The molecule has 1 aromatic heterocycles. The number of amides is 2. The fourth-order valence-corrected chi connectivity index (χ4v) is 3.06. The third-order valence-corrected chi connectivity index (χ3v) is 4.46. The van der Waals surface area contributed by atoms with Crippen LogP contribution < -0.4 is 10.6 Å². The highest BCUT2D eigenvalue weighted by atomic mass is 16.4. The molecule has 2 heterocycles. The van der Waals surface area contributed by atoms with Crippen molar-refractivity contribution in [1.29, 1.82) is 0 Å². The zero-order valence-corrected chi connectivity index (χ0v) is 14.5. The summed E-state index contributed by atoms with van der Waals surface area (Å²) in [7, 11) is 0. The topological polar surface area (TPSA) is 97.1 Å². The Hall–Kier alpha value is -3.48. The van der Waals surface area contributed by atoms with Gasteiger partial charge in [-0.1, -0.05) is 48.5 Å². The van der Waals surface area contributed by atoms with E-state index in [0.29, 0.717) is 25.2 Å². The van der Waals surface area contributed by atoms with Gasteiger partial charge in [0.1, 0.15) is 6.04 Å². The number of carbonyl (C=O) groups excluding carboxylic acids is 2. The highest BCUT2D eigenvalue weighted by molar-refractivity contribution is 6.00. The maximum absolute atomic E-state index is 12.4. The molecule has 7 heteroatoms. The molecule has 1 aliphatic heterocycles. The first-order chi connectivity index (χ1) is 13.2. The molecule has 1 atom stereocenters. The fraction of sp³-hybridized carbons (Fsp3) is 0.200. The van der Waals surface area contributed by atoms with Crippen LogP contribution in [0, 0.1) is 0 Å². The number of anilines is 1. The average Bonchev–Trinajstić information content (AvgIpc) is 3.09. The Labute approximate surface area is 155 Å². The van der Waals surface area contributed by atoms with Crippen molar-refractivity contribution in [2.75, 3.05) is 5.32 Å². The van der Waals surface area contributed by atoms with Crippen molar-refractivity contribution in [2.24, 2.45) is 0 Å². The van der Waals surface area contributed by atoms with Crippen LogP contribution in [-0.2, 0) is 17.6 Å². The number of carbonyl (C=O) groups is 2. The second-order valence-corrected chi connectivity index (χ2v) is 6.37. The summed E-state index contributed by atoms with van der Waals surface area (Å²) in [4.78, 5) is 24.8. The monoisotopic (exact) mass is 362 g/mol. The highest BCUT2D eigenvalue weighted by Gasteiger charge is 2.27. The minimum Gasteiger partial charge on any atom is -0.417 e. The summed E-state index contributed by atoms with van der Waals surface area (Å²) in [5, 5.41) is 13.3. The molecule has 0 spiro atoms. The summed E-state index contributed by atoms with van der Waals surface area (Å²) in [5.41, 5.74) is 2.83. The zero-order valence-electron chi connectivity index (χ0n) is 14.5. The van der Waals surface area contributed by atoms with Gasteiger partial charge in [0.05, 0.1) is 6.42 Å². The number of hydrogen-bond acceptors (Lipinski definition) is 5. The number of para-hydroxylation sites is 1. The number of nitrogens with zero attached hydrogens (tertiary/aromatic N) is 2. The summed E-state index contributed by atoms with van der Waals surface area (Å²) in [5.74, 6) is -0.593. The van der Waals surface area contributed by atoms with Crippen molar-refractivity contribution in [2.45, 2.75) is 25.3 Å². The van der Waals surface area contributed by atoms with E-state index in [4.69, 9.17) is 4.42 Å². The van der Waals surface area contributed by atoms with Crippen LogP contribution in [0.5, 0.6) is 0 Å². The van der Waals surface area contributed by atoms with Gasteiger partial charge < -0.3 is 15.1 Å². The quantitative estimate of drug-likeness (QED) is 0.742. The van der Waals surface area contributed by atoms with Gasteiger partial charge >= 0.3 is 11.8 Å². The van der Waals surface area contributed by atoms with Crippen LogP contribution in [0.15, 0.2) is 59.0 Å². The molecule has 0 aliphatic carbocycles. The number of hydrogen-bond donors (Lipinski definition) is 2. The van der Waals surface area contributed by atoms with Gasteiger partial charge in [0.2, 0.25) is 11.8 Å². The van der Waals surface area contributed by atoms with Crippen LogP contribution in [0.3, 0.4) is 0 Å². The molecule has 2 amide bonds. The Bertz CT molecular complexity index is 968. The predicted octanol–water partition coefficient (Wildman–Crippen LogP) is 2.34. The maximum atomic E-state index is 12.4. The molecule has 1 unspecified atom stereocenters. The molecule has 3 aromatic rings. The largest absolute Gasteiger partial charge is 0.417 e. The fourth-order valence-electron chi connectivity index (χ4n) is 3.06. The lowest BCUT2D eigenvalue weighted by Crippen LogP contribution is -2.43. The average molecular weight is 362 g/mol. The van der Waals surface area contributed by atoms with Gasteiger partial charge in [-0.3, -0.25) is 9.59 Å². The van der Waals surface area contributed by atoms with Gasteiger partial charge in [0.15, 0.2) is 0 Å². The molecule has 0 saturated carbocycles. The minimum absolute atomic E-state index is 0.143. The number of fused-ring (bicyclic) bond motifs is 1. The molecule has 27 heavy (non-hydrogen) atoms. The van der Waals surface area contributed by atoms with Gasteiger partial charge in [-0.2, -0.15) is 0 Å². The summed E-state index contributed by atoms with van der Waals surface area (Å²) in [6, 6.07) is 16.6. The van der Waals surface area contributed by atoms with Crippen LogP contribution >= 0.6 is 0 Å². The summed E-state index contributed by atoms with van der Waals surface area (Å²) in [6.07, 6.45) is 1.63. The van der Waals surface area contributed by atoms with Gasteiger partial charge in [0, 0.05) is 5.69 Å². The number of rotatable bonds is 4. The lowest BCUT2D eigenvalue weighted by molar-refractivity contribution is -0.118. The lowest BCUT2D eigenvalue weighted by Gasteiger charge is -2.13. The van der Waals surface area contributed by atoms with Crippen molar-refractivity contribution in [3.63, 3.8) is 0 Å². The van der Waals surface area contributed by atoms with E-state index in [1.54, 1.807) is 0 Å². The van der Waals surface area contributed by atoms with Crippen molar-refractivity contribution < 1.29 is 14.0 Å². The van der Waals surface area contributed by atoms with E-state index in [9.17, 15) is 9.59 Å². The number of benzene rings is 2. The number of aromatic nitrogens is 2. The molecule has 7 nitrogen and oxygen atoms in total. The maximum Gasteiger partial charge on any atom is 0.309 e. The second-order valence-electron chi connectivity index (χ2n) is 6.37. The molecule has 0 saturated heterocycles. The van der Waals surface area contributed by atoms with E-state index in [1.807, 2.05) is 54.6 Å². The van der Waals surface area contributed by atoms with E-state index in [-0.39, 0.29) is 11.8 Å². The molecular weight excluding hydrogens is 344 g/mol. The van der Waals surface area contributed by atoms with Gasteiger partial charge in [0.25, 0.3) is 0 Å². The Morgan fingerprint density at radius 2 is 1.89 bits per heavy atom. The van der Waals surface area contributed by atoms with Crippen LogP contribution in [0.2, 0.25) is 0 Å². The Balaban J connectivity index is 1.41. The molecule has 0 fully saturated rings. The summed E-state index contributed by atoms with van der Waals surface area (Å²) in [6.45, 7) is 0. The molecule has 0 radical (unpaired) electrons. The summed E-state index contributed by atoms with van der Waals surface area (Å²) < 4.78 is 5.45. The van der Waals surface area contributed by atoms with Crippen LogP contribution in [-0.4, -0.2) is 28.1 Å². The standard InChI is InChI=1S/C20H18N4O3/c25-18-16(11-10-14-8-4-5-9-15(14)21-18)22-19(26)20-24-23-17(27-20)12-13-6-2-1-3-7-13/h1-9,16H,10-12H2,(H,21,25)(H,22,26). The highest BCUT2D eigenvalue weighted by Crippen LogP contribution is 2.21. The zero-order chi connectivity index (χ0) is 18.6. The minimum atomic E-state index is -0.658. The molecule has 2 N–H and O–H groups in total. The van der Waals surface area contributed by atoms with Crippen molar-refractivity contribution in [3.05, 3.63) is 77.5 Å². The van der Waals surface area contributed by atoms with Gasteiger partial charge in [-0.05, 0) is 30.0 Å². The van der Waals surface area contributed by atoms with Crippen molar-refractivity contribution >= 4 is 17.5 Å². The number of aryl methyl sites for hydroxylation is 1. The molecule has 2 aromatic carbocycles. The molecule has 4 rings (SSSR count). The van der Waals surface area contributed by atoms with Crippen LogP contribution in [0.4, 0.5) is 5.69 Å². The molecule has 136 valence electrons. The summed E-state index contributed by atoms with van der Waals surface area (Å²) >= 11 is 0. The van der Waals surface area contributed by atoms with E-state index in [0.717, 1.165) is 16.8 Å². The second kappa shape index (κ2) is 7.41. The predicted molar refractivity (Wildman–Crippen MR) is 98.2 cm³/mol. The van der Waals surface area contributed by atoms with E-state index < -0.39 is 11.9 Å². The van der Waals surface area contributed by atoms with Gasteiger partial charge in [-0.15, -0.1) is 10.2 Å². The number of nitrogens with one attached hydrogen (secondary N) is 2. The normalized spacial score (nSPS) is 16.1. The first-order valence-corrected chi connectivity index (χ1v) is 8.75. The SMILES string of the molecule is O=C(NC1CCc2ccccc2NC1=O)c1nnc(Cc2ccccc2)o1. The Morgan fingerprint density at radius 1 is 1.11 bits per heavy atom. The van der Waals surface area contributed by atoms with E-state index in [1.165, 1.54) is 0 Å². The Kier molecular flexibility index (Phi) is 4.65.